The predicted molar refractivity (Wildman–Crippen MR) is 115 cm³/mol. The first-order valence-corrected chi connectivity index (χ1v) is 10.1. The number of carboxylic acids is 2. The summed E-state index contributed by atoms with van der Waals surface area (Å²) in [5, 5.41) is 30.1. The van der Waals surface area contributed by atoms with Crippen LogP contribution in [0.4, 0.5) is 26.3 Å². The number of aliphatic carboxylic acids is 2. The van der Waals surface area contributed by atoms with E-state index in [-0.39, 0.29) is 30.8 Å². The van der Waals surface area contributed by atoms with Crippen molar-refractivity contribution >= 4 is 29.6 Å². The summed E-state index contributed by atoms with van der Waals surface area (Å²) in [5.74, 6) is -7.28. The van der Waals surface area contributed by atoms with Gasteiger partial charge in [0, 0.05) is 30.3 Å². The molecule has 0 spiro atoms. The highest BCUT2D eigenvalue weighted by atomic mass is 19.4. The van der Waals surface area contributed by atoms with Gasteiger partial charge in [0.05, 0.1) is 12.1 Å². The molecule has 1 saturated heterocycles. The number of nitrogens with zero attached hydrogens (tertiary/aromatic N) is 5. The molecular weight excluding hydrogens is 560 g/mol. The van der Waals surface area contributed by atoms with Gasteiger partial charge in [-0.1, -0.05) is 10.5 Å². The number of rotatable bonds is 10. The largest absolute Gasteiger partial charge is 0.490 e. The van der Waals surface area contributed by atoms with Crippen LogP contribution < -0.4 is 22.2 Å². The molecule has 0 aromatic heterocycles. The number of Topliss-reactive ketones (excluding diaryl/α,β-unsaturated/α-hetero) is 1. The van der Waals surface area contributed by atoms with Crippen molar-refractivity contribution in [2.45, 2.75) is 50.1 Å². The zero-order valence-corrected chi connectivity index (χ0v) is 19.5. The SMILES string of the molecule is O=C(O)C(F)(F)F.O=C(O)C(F)(F)F.[N-]=[N+]=N[C@H]1CN[C@@H](C(=O)C[C@@H](CCCN=C(N)N[N+](=O)[O-])C(N)=O)C1. The standard InChI is InChI=1S/C12H21N9O4.2C2HF3O2/c13-11(23)7(2-1-3-16-12(14)19-21(24)25)4-10(22)9-5-8(6-17-9)18-20-15;2*3-2(4,5)1(6)7/h7-9,17H,1-6H2,(H2,13,23)(H3,14,16,19);2*(H,6,7)/t7-,8-,9-;;/m1../s1. The number of azide groups is 1. The second-order valence-corrected chi connectivity index (χ2v) is 7.21. The fraction of sp³-hybridized carbons (Fsp3) is 0.688. The average molecular weight is 583 g/mol. The number of guanidine groups is 1. The summed E-state index contributed by atoms with van der Waals surface area (Å²) in [4.78, 5) is 58.1. The van der Waals surface area contributed by atoms with E-state index in [0.29, 0.717) is 25.8 Å². The van der Waals surface area contributed by atoms with Crippen LogP contribution in [0, 0.1) is 16.0 Å². The highest BCUT2D eigenvalue weighted by molar-refractivity contribution is 5.89. The summed E-state index contributed by atoms with van der Waals surface area (Å²) < 4.78 is 63.5. The Kier molecular flexibility index (Phi) is 16.2. The molecule has 8 N–H and O–H groups in total. The maximum atomic E-state index is 12.2. The van der Waals surface area contributed by atoms with Crippen LogP contribution in [0.3, 0.4) is 0 Å². The minimum absolute atomic E-state index is 0.0255. The number of hydrogen-bond acceptors (Lipinski definition) is 9. The van der Waals surface area contributed by atoms with Crippen molar-refractivity contribution in [1.29, 1.82) is 0 Å². The third-order valence-corrected chi connectivity index (χ3v) is 4.24. The van der Waals surface area contributed by atoms with Gasteiger partial charge < -0.3 is 27.0 Å². The second kappa shape index (κ2) is 17.2. The molecule has 0 radical (unpaired) electrons. The number of nitro groups is 1. The summed E-state index contributed by atoms with van der Waals surface area (Å²) in [6, 6.07) is -0.743. The van der Waals surface area contributed by atoms with Crippen LogP contribution in [0.2, 0.25) is 0 Å². The number of nitrogens with one attached hydrogen (secondary N) is 2. The fourth-order valence-electron chi connectivity index (χ4n) is 2.52. The van der Waals surface area contributed by atoms with Gasteiger partial charge in [-0.15, -0.1) is 0 Å². The summed E-state index contributed by atoms with van der Waals surface area (Å²) >= 11 is 0. The number of halogens is 6. The molecule has 0 aromatic rings. The van der Waals surface area contributed by atoms with Crippen molar-refractivity contribution < 1.29 is 60.8 Å². The number of primary amides is 1. The summed E-state index contributed by atoms with van der Waals surface area (Å²) in [6.07, 6.45) is -9.10. The van der Waals surface area contributed by atoms with Gasteiger partial charge in [0.15, 0.2) is 10.8 Å². The van der Waals surface area contributed by atoms with E-state index in [1.807, 2.05) is 0 Å². The molecule has 0 unspecified atom stereocenters. The topological polar surface area (TPSA) is 289 Å². The molecule has 0 saturated carbocycles. The maximum Gasteiger partial charge on any atom is 0.490 e. The number of aliphatic imine (C=N–C) groups is 1. The number of hydrogen-bond donors (Lipinski definition) is 6. The van der Waals surface area contributed by atoms with E-state index < -0.39 is 47.2 Å². The Hall–Kier alpha value is -4.40. The lowest BCUT2D eigenvalue weighted by atomic mass is 9.93. The van der Waals surface area contributed by atoms with Crippen LogP contribution in [0.25, 0.3) is 10.4 Å². The number of carboxylic acid groups (broad SMARTS) is 2. The van der Waals surface area contributed by atoms with E-state index in [1.54, 1.807) is 5.43 Å². The Bertz CT molecular complexity index is 929. The Balaban J connectivity index is 0. The van der Waals surface area contributed by atoms with Gasteiger partial charge in [0.2, 0.25) is 5.91 Å². The van der Waals surface area contributed by atoms with Gasteiger partial charge in [0.25, 0.3) is 5.96 Å². The Morgan fingerprint density at radius 2 is 1.62 bits per heavy atom. The number of alkyl halides is 6. The summed E-state index contributed by atoms with van der Waals surface area (Å²) in [6.45, 7) is 0.574. The van der Waals surface area contributed by atoms with Crippen molar-refractivity contribution in [3.8, 4) is 0 Å². The first-order valence-electron chi connectivity index (χ1n) is 10.1. The summed E-state index contributed by atoms with van der Waals surface area (Å²) in [5.41, 5.74) is 20.7. The highest BCUT2D eigenvalue weighted by Gasteiger charge is 2.39. The third-order valence-electron chi connectivity index (χ3n) is 4.24. The van der Waals surface area contributed by atoms with Crippen LogP contribution in [-0.4, -0.2) is 82.4 Å². The third kappa shape index (κ3) is 18.5. The van der Waals surface area contributed by atoms with Crippen molar-refractivity contribution in [3.63, 3.8) is 0 Å². The zero-order valence-electron chi connectivity index (χ0n) is 19.5. The second-order valence-electron chi connectivity index (χ2n) is 7.21. The van der Waals surface area contributed by atoms with Crippen molar-refractivity contribution in [2.75, 3.05) is 13.1 Å². The number of carbonyl (C=O) groups excluding carboxylic acids is 2. The average Bonchev–Trinajstić information content (AvgIpc) is 3.23. The van der Waals surface area contributed by atoms with Crippen LogP contribution in [0.1, 0.15) is 25.7 Å². The number of amides is 1. The minimum Gasteiger partial charge on any atom is -0.475 e. The van der Waals surface area contributed by atoms with E-state index in [4.69, 9.17) is 36.8 Å². The molecule has 1 heterocycles. The van der Waals surface area contributed by atoms with Crippen molar-refractivity contribution in [3.05, 3.63) is 20.6 Å². The van der Waals surface area contributed by atoms with Crippen LogP contribution in [0.15, 0.2) is 10.1 Å². The summed E-state index contributed by atoms with van der Waals surface area (Å²) in [7, 11) is 0. The molecule has 0 aromatic carbocycles. The predicted octanol–water partition coefficient (Wildman–Crippen LogP) is 0.231. The molecule has 1 amide bonds. The quantitative estimate of drug-likeness (QED) is 0.0233. The molecule has 1 aliphatic heterocycles. The maximum absolute atomic E-state index is 12.2. The van der Waals surface area contributed by atoms with Gasteiger partial charge in [-0.3, -0.25) is 9.59 Å². The Morgan fingerprint density at radius 1 is 1.13 bits per heavy atom. The normalized spacial score (nSPS) is 17.6. The van der Waals surface area contributed by atoms with Crippen molar-refractivity contribution in [1.82, 2.24) is 10.7 Å². The molecule has 1 rings (SSSR count). The van der Waals surface area contributed by atoms with Gasteiger partial charge in [-0.05, 0) is 24.8 Å². The molecule has 23 heteroatoms. The monoisotopic (exact) mass is 583 g/mol. The molecule has 0 aliphatic carbocycles. The fourth-order valence-corrected chi connectivity index (χ4v) is 2.52. The van der Waals surface area contributed by atoms with Crippen LogP contribution in [-0.2, 0) is 19.2 Å². The number of hydrazine groups is 1. The molecular formula is C16H23F6N9O8. The molecule has 0 bridgehead atoms. The number of ketones is 1. The lowest BCUT2D eigenvalue weighted by molar-refractivity contribution is -0.525. The first kappa shape index (κ1) is 36.8. The van der Waals surface area contributed by atoms with Crippen molar-refractivity contribution in [2.24, 2.45) is 27.5 Å². The molecule has 1 fully saturated rings. The number of carbonyl (C=O) groups is 4. The van der Waals surface area contributed by atoms with E-state index >= 15 is 0 Å². The molecule has 39 heavy (non-hydrogen) atoms. The smallest absolute Gasteiger partial charge is 0.475 e. The van der Waals surface area contributed by atoms with E-state index in [9.17, 15) is 46.0 Å². The molecule has 222 valence electrons. The lowest BCUT2D eigenvalue weighted by Crippen LogP contribution is -2.36. The van der Waals surface area contributed by atoms with Gasteiger partial charge in [0.1, 0.15) is 0 Å². The van der Waals surface area contributed by atoms with Crippen LogP contribution >= 0.6 is 0 Å². The molecule has 3 atom stereocenters. The Morgan fingerprint density at radius 3 is 2.00 bits per heavy atom. The van der Waals surface area contributed by atoms with Crippen LogP contribution in [0.5, 0.6) is 0 Å². The van der Waals surface area contributed by atoms with E-state index in [1.165, 1.54) is 0 Å². The zero-order chi connectivity index (χ0) is 31.0. The molecule has 1 aliphatic rings. The highest BCUT2D eigenvalue weighted by Crippen LogP contribution is 2.18. The Labute approximate surface area is 213 Å². The minimum atomic E-state index is -5.08. The van der Waals surface area contributed by atoms with Gasteiger partial charge in [-0.25, -0.2) is 24.7 Å². The first-order chi connectivity index (χ1) is 17.7. The van der Waals surface area contributed by atoms with E-state index in [0.717, 1.165) is 0 Å². The van der Waals surface area contributed by atoms with E-state index in [2.05, 4.69) is 20.3 Å². The molecule has 17 nitrogen and oxygen atoms in total. The lowest BCUT2D eigenvalue weighted by Gasteiger charge is -2.15. The van der Waals surface area contributed by atoms with Gasteiger partial charge >= 0.3 is 24.3 Å². The number of nitrogens with two attached hydrogens (primary N) is 2. The van der Waals surface area contributed by atoms with Gasteiger partial charge in [-0.2, -0.15) is 26.3 Å².